The molecule has 2 N–H and O–H groups in total. The van der Waals surface area contributed by atoms with Crippen molar-refractivity contribution in [2.45, 2.75) is 45.6 Å². The first-order chi connectivity index (χ1) is 21.3. The van der Waals surface area contributed by atoms with Crippen molar-refractivity contribution in [2.24, 2.45) is 0 Å². The van der Waals surface area contributed by atoms with Crippen LogP contribution in [0.25, 0.3) is 10.2 Å². The standard InChI is InChI=1S/C33H31FN4O4S2/c1-19(2)21-12-13-26(24(34)17-21)42-16-6-11-28-29(31(40)41)36-33(44-28)38-15-14-20-7-5-8-22(23(20)18-38)30(39)37-32-35-25-9-3-4-10-27(25)43-32/h3-5,7-10,12-13,17,19H,6,11,14-16,18H2,1-2H3,(H,40,41)(H,35,37,39). The number of aromatic nitrogens is 2. The van der Waals surface area contributed by atoms with Crippen LogP contribution in [0, 0.1) is 5.82 Å². The van der Waals surface area contributed by atoms with E-state index in [0.29, 0.717) is 53.1 Å². The van der Waals surface area contributed by atoms with Crippen LogP contribution in [0.1, 0.15) is 68.6 Å². The van der Waals surface area contributed by atoms with E-state index >= 15 is 0 Å². The van der Waals surface area contributed by atoms with E-state index in [2.05, 4.69) is 15.3 Å². The van der Waals surface area contributed by atoms with Crippen LogP contribution in [0.5, 0.6) is 5.75 Å². The van der Waals surface area contributed by atoms with E-state index in [1.165, 1.54) is 28.7 Å². The van der Waals surface area contributed by atoms with Gasteiger partial charge in [-0.15, -0.1) is 11.3 Å². The molecule has 3 heterocycles. The third-order valence-electron chi connectivity index (χ3n) is 7.62. The summed E-state index contributed by atoms with van der Waals surface area (Å²) in [5, 5.41) is 14.0. The average molecular weight is 631 g/mol. The molecule has 0 atom stereocenters. The molecule has 0 radical (unpaired) electrons. The SMILES string of the molecule is CC(C)c1ccc(OCCCc2sc(N3CCc4cccc(C(=O)Nc5nc6ccccc6s5)c4C3)nc2C(=O)O)c(F)c1. The number of rotatable bonds is 10. The molecule has 0 fully saturated rings. The fourth-order valence-corrected chi connectivity index (χ4v) is 7.25. The highest BCUT2D eigenvalue weighted by molar-refractivity contribution is 7.22. The minimum Gasteiger partial charge on any atom is -0.491 e. The van der Waals surface area contributed by atoms with Gasteiger partial charge >= 0.3 is 5.97 Å². The van der Waals surface area contributed by atoms with Crippen LogP contribution < -0.4 is 15.0 Å². The Balaban J connectivity index is 1.14. The smallest absolute Gasteiger partial charge is 0.355 e. The molecule has 3 aromatic carbocycles. The first-order valence-corrected chi connectivity index (χ1v) is 16.1. The number of amides is 1. The Morgan fingerprint density at radius 2 is 1.93 bits per heavy atom. The Hall–Kier alpha value is -4.35. The van der Waals surface area contributed by atoms with Gasteiger partial charge in [-0.3, -0.25) is 10.1 Å². The molecular weight excluding hydrogens is 600 g/mol. The van der Waals surface area contributed by atoms with E-state index in [1.807, 2.05) is 61.2 Å². The van der Waals surface area contributed by atoms with Gasteiger partial charge in [0.05, 0.1) is 16.8 Å². The summed E-state index contributed by atoms with van der Waals surface area (Å²) in [5.74, 6) is -1.32. The van der Waals surface area contributed by atoms with Crippen molar-refractivity contribution in [3.05, 3.63) is 99.3 Å². The number of aryl methyl sites for hydroxylation is 1. The molecule has 6 rings (SSSR count). The summed E-state index contributed by atoms with van der Waals surface area (Å²) in [5.41, 5.74) is 4.29. The molecule has 1 aliphatic rings. The molecule has 0 aliphatic carbocycles. The van der Waals surface area contributed by atoms with Crippen LogP contribution in [0.4, 0.5) is 14.7 Å². The summed E-state index contributed by atoms with van der Waals surface area (Å²) in [6, 6.07) is 18.4. The summed E-state index contributed by atoms with van der Waals surface area (Å²) in [7, 11) is 0. The number of nitrogens with one attached hydrogen (secondary N) is 1. The van der Waals surface area contributed by atoms with Crippen LogP contribution in [0.15, 0.2) is 60.7 Å². The summed E-state index contributed by atoms with van der Waals surface area (Å²) < 4.78 is 21.1. The molecule has 0 unspecified atom stereocenters. The van der Waals surface area contributed by atoms with Gasteiger partial charge in [0.25, 0.3) is 5.91 Å². The van der Waals surface area contributed by atoms with Gasteiger partial charge in [-0.05, 0) is 72.2 Å². The molecule has 5 aromatic rings. The quantitative estimate of drug-likeness (QED) is 0.154. The lowest BCUT2D eigenvalue weighted by Crippen LogP contribution is -2.32. The van der Waals surface area contributed by atoms with Gasteiger partial charge in [0.1, 0.15) is 0 Å². The zero-order chi connectivity index (χ0) is 30.8. The zero-order valence-corrected chi connectivity index (χ0v) is 25.9. The zero-order valence-electron chi connectivity index (χ0n) is 24.3. The number of anilines is 2. The van der Waals surface area contributed by atoms with Crippen molar-refractivity contribution in [2.75, 3.05) is 23.4 Å². The molecule has 2 aromatic heterocycles. The van der Waals surface area contributed by atoms with Crippen LogP contribution in [0.2, 0.25) is 0 Å². The highest BCUT2D eigenvalue weighted by Crippen LogP contribution is 2.33. The second kappa shape index (κ2) is 12.7. The van der Waals surface area contributed by atoms with Gasteiger partial charge < -0.3 is 14.7 Å². The molecule has 1 amide bonds. The maximum atomic E-state index is 14.4. The molecule has 1 aliphatic heterocycles. The Kier molecular flexibility index (Phi) is 8.58. The molecule has 11 heteroatoms. The Bertz CT molecular complexity index is 1820. The molecule has 8 nitrogen and oxygen atoms in total. The van der Waals surface area contributed by atoms with Crippen molar-refractivity contribution in [3.8, 4) is 5.75 Å². The van der Waals surface area contributed by atoms with E-state index in [9.17, 15) is 19.1 Å². The number of halogens is 1. The van der Waals surface area contributed by atoms with E-state index in [1.54, 1.807) is 12.1 Å². The number of ether oxygens (including phenoxy) is 1. The molecule has 0 bridgehead atoms. The van der Waals surface area contributed by atoms with Crippen molar-refractivity contribution >= 4 is 55.0 Å². The van der Waals surface area contributed by atoms with Gasteiger partial charge in [-0.1, -0.05) is 55.5 Å². The largest absolute Gasteiger partial charge is 0.491 e. The second-order valence-electron chi connectivity index (χ2n) is 10.9. The predicted molar refractivity (Wildman–Crippen MR) is 172 cm³/mol. The maximum absolute atomic E-state index is 14.4. The van der Waals surface area contributed by atoms with Crippen LogP contribution in [-0.4, -0.2) is 40.1 Å². The monoisotopic (exact) mass is 630 g/mol. The topological polar surface area (TPSA) is 105 Å². The lowest BCUT2D eigenvalue weighted by atomic mass is 9.94. The van der Waals surface area contributed by atoms with Crippen molar-refractivity contribution in [1.29, 1.82) is 0 Å². The lowest BCUT2D eigenvalue weighted by Gasteiger charge is -2.29. The average Bonchev–Trinajstić information content (AvgIpc) is 3.63. The second-order valence-corrected chi connectivity index (χ2v) is 13.0. The van der Waals surface area contributed by atoms with Crippen molar-refractivity contribution in [1.82, 2.24) is 9.97 Å². The Morgan fingerprint density at radius 3 is 2.70 bits per heavy atom. The van der Waals surface area contributed by atoms with Gasteiger partial charge in [0.2, 0.25) is 0 Å². The normalized spacial score (nSPS) is 12.9. The minimum atomic E-state index is -1.09. The van der Waals surface area contributed by atoms with Crippen LogP contribution in [0.3, 0.4) is 0 Å². The highest BCUT2D eigenvalue weighted by atomic mass is 32.1. The van der Waals surface area contributed by atoms with E-state index in [4.69, 9.17) is 4.74 Å². The molecular formula is C33H31FN4O4S2. The van der Waals surface area contributed by atoms with Gasteiger partial charge in [0.15, 0.2) is 27.5 Å². The highest BCUT2D eigenvalue weighted by Gasteiger charge is 2.26. The molecule has 0 saturated carbocycles. The number of hydrogen-bond acceptors (Lipinski definition) is 8. The van der Waals surface area contributed by atoms with Crippen LogP contribution >= 0.6 is 22.7 Å². The molecule has 0 saturated heterocycles. The number of thiazole rings is 2. The molecule has 226 valence electrons. The van der Waals surface area contributed by atoms with Crippen molar-refractivity contribution < 1.29 is 23.8 Å². The fraction of sp³-hybridized carbons (Fsp3) is 0.273. The third-order valence-corrected chi connectivity index (χ3v) is 9.75. The van der Waals surface area contributed by atoms with Gasteiger partial charge in [0, 0.05) is 23.5 Å². The van der Waals surface area contributed by atoms with E-state index in [0.717, 1.165) is 26.9 Å². The number of carboxylic acid groups (broad SMARTS) is 1. The number of hydrogen-bond donors (Lipinski definition) is 2. The Morgan fingerprint density at radius 1 is 1.09 bits per heavy atom. The number of nitrogens with zero attached hydrogens (tertiary/aromatic N) is 3. The minimum absolute atomic E-state index is 0.0186. The molecule has 44 heavy (non-hydrogen) atoms. The fourth-order valence-electron chi connectivity index (χ4n) is 5.27. The van der Waals surface area contributed by atoms with E-state index in [-0.39, 0.29) is 29.9 Å². The number of carboxylic acids is 1. The van der Waals surface area contributed by atoms with Gasteiger partial charge in [-0.2, -0.15) is 0 Å². The third kappa shape index (κ3) is 6.29. The first kappa shape index (κ1) is 29.7. The van der Waals surface area contributed by atoms with Crippen LogP contribution in [-0.2, 0) is 19.4 Å². The predicted octanol–water partition coefficient (Wildman–Crippen LogP) is 7.54. The number of carbonyl (C=O) groups excluding carboxylic acids is 1. The summed E-state index contributed by atoms with van der Waals surface area (Å²) >= 11 is 2.76. The molecule has 0 spiro atoms. The number of para-hydroxylation sites is 1. The summed E-state index contributed by atoms with van der Waals surface area (Å²) in [6.07, 6.45) is 1.64. The van der Waals surface area contributed by atoms with Gasteiger partial charge in [-0.25, -0.2) is 19.2 Å². The number of carbonyl (C=O) groups is 2. The summed E-state index contributed by atoms with van der Waals surface area (Å²) in [6.45, 7) is 5.33. The first-order valence-electron chi connectivity index (χ1n) is 14.4. The Labute approximate surface area is 262 Å². The number of fused-ring (bicyclic) bond motifs is 2. The number of benzene rings is 3. The van der Waals surface area contributed by atoms with E-state index < -0.39 is 11.8 Å². The maximum Gasteiger partial charge on any atom is 0.355 e. The summed E-state index contributed by atoms with van der Waals surface area (Å²) in [4.78, 5) is 37.1. The lowest BCUT2D eigenvalue weighted by molar-refractivity contribution is 0.0690. The number of aromatic carboxylic acids is 1. The van der Waals surface area contributed by atoms with Crippen molar-refractivity contribution in [3.63, 3.8) is 0 Å².